The molecule has 0 aliphatic carbocycles. The molecule has 0 saturated carbocycles. The molecule has 0 fully saturated rings. The van der Waals surface area contributed by atoms with Gasteiger partial charge in [0, 0.05) is 18.0 Å². The number of hydrogen-bond acceptors (Lipinski definition) is 6. The number of aromatic nitrogens is 4. The van der Waals surface area contributed by atoms with Gasteiger partial charge in [0.1, 0.15) is 0 Å². The predicted molar refractivity (Wildman–Crippen MR) is 102 cm³/mol. The smallest absolute Gasteiger partial charge is 0.251 e. The molecule has 144 valence electrons. The third-order valence-corrected chi connectivity index (χ3v) is 4.78. The normalized spacial score (nSPS) is 15.4. The maximum Gasteiger partial charge on any atom is 0.251 e. The number of hydrogen-bond donors (Lipinski definition) is 1. The fourth-order valence-electron chi connectivity index (χ4n) is 3.34. The molecule has 28 heavy (non-hydrogen) atoms. The van der Waals surface area contributed by atoms with Crippen LogP contribution in [-0.2, 0) is 6.42 Å². The Labute approximate surface area is 162 Å². The first-order chi connectivity index (χ1) is 13.7. The number of fused-ring (bicyclic) bond motifs is 1. The molecule has 1 aromatic heterocycles. The number of benzene rings is 2. The number of tetrazole rings is 1. The SMILES string of the molecule is COc1cccc2c1OC[C@@H](CNC(=O)c1cccc(-n3nnnc3C)c1)C2. The molecule has 1 amide bonds. The minimum Gasteiger partial charge on any atom is -0.493 e. The van der Waals surface area contributed by atoms with E-state index in [1.54, 1.807) is 23.9 Å². The van der Waals surface area contributed by atoms with Crippen LogP contribution in [0.25, 0.3) is 5.69 Å². The van der Waals surface area contributed by atoms with Gasteiger partial charge in [-0.25, -0.2) is 0 Å². The monoisotopic (exact) mass is 379 g/mol. The summed E-state index contributed by atoms with van der Waals surface area (Å²) in [6.07, 6.45) is 0.830. The Morgan fingerprint density at radius 2 is 2.18 bits per heavy atom. The van der Waals surface area contributed by atoms with E-state index in [2.05, 4.69) is 20.8 Å². The fourth-order valence-corrected chi connectivity index (χ4v) is 3.34. The molecule has 8 heteroatoms. The summed E-state index contributed by atoms with van der Waals surface area (Å²) in [5.74, 6) is 2.27. The van der Waals surface area contributed by atoms with Crippen molar-refractivity contribution < 1.29 is 14.3 Å². The van der Waals surface area contributed by atoms with Crippen LogP contribution >= 0.6 is 0 Å². The zero-order chi connectivity index (χ0) is 19.5. The van der Waals surface area contributed by atoms with Gasteiger partial charge in [-0.1, -0.05) is 18.2 Å². The van der Waals surface area contributed by atoms with Crippen LogP contribution in [0.5, 0.6) is 11.5 Å². The van der Waals surface area contributed by atoms with E-state index in [4.69, 9.17) is 9.47 Å². The highest BCUT2D eigenvalue weighted by molar-refractivity contribution is 5.94. The summed E-state index contributed by atoms with van der Waals surface area (Å²) in [6, 6.07) is 13.1. The number of nitrogens with zero attached hydrogens (tertiary/aromatic N) is 4. The molecule has 0 spiro atoms. The lowest BCUT2D eigenvalue weighted by molar-refractivity contribution is 0.0938. The van der Waals surface area contributed by atoms with E-state index in [1.807, 2.05) is 37.3 Å². The van der Waals surface area contributed by atoms with Crippen LogP contribution in [-0.4, -0.2) is 46.4 Å². The van der Waals surface area contributed by atoms with Crippen molar-refractivity contribution in [1.82, 2.24) is 25.5 Å². The van der Waals surface area contributed by atoms with E-state index >= 15 is 0 Å². The molecule has 4 rings (SSSR count). The molecular formula is C20H21N5O3. The Kier molecular flexibility index (Phi) is 4.92. The first-order valence-corrected chi connectivity index (χ1v) is 9.08. The molecule has 2 heterocycles. The van der Waals surface area contributed by atoms with Gasteiger partial charge in [-0.05, 0) is 53.6 Å². The van der Waals surface area contributed by atoms with E-state index in [0.29, 0.717) is 24.5 Å². The average molecular weight is 379 g/mol. The summed E-state index contributed by atoms with van der Waals surface area (Å²) in [6.45, 7) is 2.88. The van der Waals surface area contributed by atoms with Gasteiger partial charge in [-0.3, -0.25) is 4.79 Å². The number of aryl methyl sites for hydroxylation is 1. The fraction of sp³-hybridized carbons (Fsp3) is 0.300. The zero-order valence-electron chi connectivity index (χ0n) is 15.8. The van der Waals surface area contributed by atoms with Crippen LogP contribution in [0.1, 0.15) is 21.7 Å². The molecule has 1 N–H and O–H groups in total. The van der Waals surface area contributed by atoms with Gasteiger partial charge < -0.3 is 14.8 Å². The first kappa shape index (κ1) is 18.0. The maximum absolute atomic E-state index is 12.6. The number of nitrogens with one attached hydrogen (secondary N) is 1. The van der Waals surface area contributed by atoms with Crippen molar-refractivity contribution >= 4 is 5.91 Å². The molecule has 3 aromatic rings. The Bertz CT molecular complexity index is 1000. The summed E-state index contributed by atoms with van der Waals surface area (Å²) >= 11 is 0. The molecule has 0 unspecified atom stereocenters. The molecule has 0 saturated heterocycles. The largest absolute Gasteiger partial charge is 0.493 e. The van der Waals surface area contributed by atoms with Crippen molar-refractivity contribution in [2.24, 2.45) is 5.92 Å². The molecule has 1 aliphatic heterocycles. The molecule has 1 atom stereocenters. The second-order valence-corrected chi connectivity index (χ2v) is 6.73. The van der Waals surface area contributed by atoms with E-state index in [1.165, 1.54) is 0 Å². The average Bonchev–Trinajstić information content (AvgIpc) is 3.17. The van der Waals surface area contributed by atoms with Crippen LogP contribution in [0.4, 0.5) is 0 Å². The molecule has 0 radical (unpaired) electrons. The highest BCUT2D eigenvalue weighted by Crippen LogP contribution is 2.35. The summed E-state index contributed by atoms with van der Waals surface area (Å²) < 4.78 is 12.8. The quantitative estimate of drug-likeness (QED) is 0.729. The van der Waals surface area contributed by atoms with Crippen LogP contribution in [0.2, 0.25) is 0 Å². The number of para-hydroxylation sites is 1. The lowest BCUT2D eigenvalue weighted by Crippen LogP contribution is -2.34. The van der Waals surface area contributed by atoms with Gasteiger partial charge in [-0.2, -0.15) is 4.68 Å². The third-order valence-electron chi connectivity index (χ3n) is 4.78. The lowest BCUT2D eigenvalue weighted by atomic mass is 9.96. The van der Waals surface area contributed by atoms with Crippen LogP contribution in [0.15, 0.2) is 42.5 Å². The molecule has 0 bridgehead atoms. The van der Waals surface area contributed by atoms with Crippen molar-refractivity contribution in [2.45, 2.75) is 13.3 Å². The van der Waals surface area contributed by atoms with Crippen molar-refractivity contribution in [3.8, 4) is 17.2 Å². The number of ether oxygens (including phenoxy) is 2. The number of methoxy groups -OCH3 is 1. The van der Waals surface area contributed by atoms with Crippen LogP contribution in [0.3, 0.4) is 0 Å². The lowest BCUT2D eigenvalue weighted by Gasteiger charge is -2.26. The maximum atomic E-state index is 12.6. The van der Waals surface area contributed by atoms with E-state index in [9.17, 15) is 4.79 Å². The number of carbonyl (C=O) groups excluding carboxylic acids is 1. The molecule has 8 nitrogen and oxygen atoms in total. The van der Waals surface area contributed by atoms with Gasteiger partial charge in [0.2, 0.25) is 0 Å². The predicted octanol–water partition coefficient (Wildman–Crippen LogP) is 1.96. The standard InChI is InChI=1S/C20H21N5O3/c1-13-22-23-24-25(13)17-7-3-6-16(10-17)20(26)21-11-14-9-15-5-4-8-18(27-2)19(15)28-12-14/h3-8,10,14H,9,11-12H2,1-2H3,(H,21,26)/t14-/m1/s1. The Morgan fingerprint density at radius 1 is 1.32 bits per heavy atom. The minimum absolute atomic E-state index is 0.135. The minimum atomic E-state index is -0.135. The summed E-state index contributed by atoms with van der Waals surface area (Å²) in [7, 11) is 1.64. The second kappa shape index (κ2) is 7.67. The van der Waals surface area contributed by atoms with Crippen LogP contribution in [0, 0.1) is 12.8 Å². The number of rotatable bonds is 5. The van der Waals surface area contributed by atoms with Crippen molar-refractivity contribution in [1.29, 1.82) is 0 Å². The van der Waals surface area contributed by atoms with E-state index < -0.39 is 0 Å². The van der Waals surface area contributed by atoms with Crippen molar-refractivity contribution in [3.05, 3.63) is 59.4 Å². The van der Waals surface area contributed by atoms with Gasteiger partial charge in [0.05, 0.1) is 19.4 Å². The molecular weight excluding hydrogens is 358 g/mol. The third kappa shape index (κ3) is 3.53. The van der Waals surface area contributed by atoms with Gasteiger partial charge in [-0.15, -0.1) is 5.10 Å². The molecule has 1 aliphatic rings. The Balaban J connectivity index is 1.41. The van der Waals surface area contributed by atoms with E-state index in [-0.39, 0.29) is 11.8 Å². The van der Waals surface area contributed by atoms with Crippen molar-refractivity contribution in [2.75, 3.05) is 20.3 Å². The Hall–Kier alpha value is -3.42. The number of carbonyl (C=O) groups is 1. The first-order valence-electron chi connectivity index (χ1n) is 9.08. The van der Waals surface area contributed by atoms with Gasteiger partial charge in [0.15, 0.2) is 17.3 Å². The van der Waals surface area contributed by atoms with Crippen LogP contribution < -0.4 is 14.8 Å². The van der Waals surface area contributed by atoms with E-state index in [0.717, 1.165) is 29.2 Å². The summed E-state index contributed by atoms with van der Waals surface area (Å²) in [4.78, 5) is 12.6. The molecule has 2 aromatic carbocycles. The second-order valence-electron chi connectivity index (χ2n) is 6.73. The highest BCUT2D eigenvalue weighted by Gasteiger charge is 2.23. The Morgan fingerprint density at radius 3 is 2.96 bits per heavy atom. The highest BCUT2D eigenvalue weighted by atomic mass is 16.5. The summed E-state index contributed by atoms with van der Waals surface area (Å²) in [5, 5.41) is 14.5. The number of amides is 1. The zero-order valence-corrected chi connectivity index (χ0v) is 15.8. The topological polar surface area (TPSA) is 91.2 Å². The van der Waals surface area contributed by atoms with Gasteiger partial charge in [0.25, 0.3) is 5.91 Å². The van der Waals surface area contributed by atoms with Gasteiger partial charge >= 0.3 is 0 Å². The summed E-state index contributed by atoms with van der Waals surface area (Å²) in [5.41, 5.74) is 2.41. The van der Waals surface area contributed by atoms with Crippen molar-refractivity contribution in [3.63, 3.8) is 0 Å².